The minimum absolute atomic E-state index is 0.0608. The predicted molar refractivity (Wildman–Crippen MR) is 98.3 cm³/mol. The van der Waals surface area contributed by atoms with Gasteiger partial charge in [0.15, 0.2) is 0 Å². The molecule has 0 bridgehead atoms. The van der Waals surface area contributed by atoms with E-state index in [1.165, 1.54) is 23.5 Å². The van der Waals surface area contributed by atoms with E-state index in [4.69, 9.17) is 5.73 Å². The summed E-state index contributed by atoms with van der Waals surface area (Å²) < 4.78 is 13.0. The maximum absolute atomic E-state index is 13.0. The molecular formula is C19H24FN3OS. The van der Waals surface area contributed by atoms with Gasteiger partial charge in [-0.1, -0.05) is 12.1 Å². The number of halogens is 1. The maximum Gasteiger partial charge on any atom is 0.265 e. The Morgan fingerprint density at radius 2 is 2.16 bits per heavy atom. The molecule has 2 unspecified atom stereocenters. The molecule has 0 saturated carbocycles. The van der Waals surface area contributed by atoms with Crippen molar-refractivity contribution >= 4 is 17.2 Å². The normalized spacial score (nSPS) is 19.0. The van der Waals surface area contributed by atoms with Gasteiger partial charge in [0.1, 0.15) is 10.7 Å². The number of benzene rings is 1. The molecule has 0 aliphatic carbocycles. The van der Waals surface area contributed by atoms with Gasteiger partial charge < -0.3 is 10.6 Å². The van der Waals surface area contributed by atoms with Crippen molar-refractivity contribution in [3.05, 3.63) is 51.2 Å². The molecule has 2 heterocycles. The standard InChI is InChI=1S/C19H24FN3OS/c1-12(21)15-4-3-9-23(11-15)19(24)18-13(2)22-17(25-18)10-14-5-7-16(20)8-6-14/h5-8,12,15H,3-4,9-11,21H2,1-2H3. The predicted octanol–water partition coefficient (Wildman–Crippen LogP) is 3.38. The summed E-state index contributed by atoms with van der Waals surface area (Å²) in [4.78, 5) is 20.1. The molecule has 3 rings (SSSR count). The van der Waals surface area contributed by atoms with Crippen molar-refractivity contribution < 1.29 is 9.18 Å². The maximum atomic E-state index is 13.0. The average molecular weight is 361 g/mol. The lowest BCUT2D eigenvalue weighted by Crippen LogP contribution is -2.45. The second kappa shape index (κ2) is 7.62. The van der Waals surface area contributed by atoms with E-state index in [9.17, 15) is 9.18 Å². The van der Waals surface area contributed by atoms with Crippen LogP contribution in [0.1, 0.15) is 45.7 Å². The number of nitrogens with two attached hydrogens (primary N) is 1. The zero-order valence-electron chi connectivity index (χ0n) is 14.7. The molecule has 1 aliphatic rings. The topological polar surface area (TPSA) is 59.2 Å². The van der Waals surface area contributed by atoms with Crippen LogP contribution in [0.2, 0.25) is 0 Å². The first-order valence-corrected chi connectivity index (χ1v) is 9.51. The minimum atomic E-state index is -0.247. The fourth-order valence-corrected chi connectivity index (χ4v) is 4.34. The van der Waals surface area contributed by atoms with E-state index < -0.39 is 0 Å². The lowest BCUT2D eigenvalue weighted by atomic mass is 9.92. The highest BCUT2D eigenvalue weighted by molar-refractivity contribution is 7.13. The first kappa shape index (κ1) is 18.0. The van der Waals surface area contributed by atoms with E-state index in [1.54, 1.807) is 12.1 Å². The summed E-state index contributed by atoms with van der Waals surface area (Å²) in [7, 11) is 0. The third-order valence-electron chi connectivity index (χ3n) is 4.79. The number of amides is 1. The number of piperidine rings is 1. The summed E-state index contributed by atoms with van der Waals surface area (Å²) in [5.41, 5.74) is 7.79. The van der Waals surface area contributed by atoms with E-state index in [2.05, 4.69) is 4.98 Å². The Bertz CT molecular complexity index is 742. The van der Waals surface area contributed by atoms with Gasteiger partial charge in [-0.3, -0.25) is 4.79 Å². The van der Waals surface area contributed by atoms with Crippen LogP contribution in [-0.2, 0) is 6.42 Å². The highest BCUT2D eigenvalue weighted by Gasteiger charge is 2.28. The van der Waals surface area contributed by atoms with Gasteiger partial charge in [-0.2, -0.15) is 0 Å². The molecular weight excluding hydrogens is 337 g/mol. The molecule has 1 saturated heterocycles. The van der Waals surface area contributed by atoms with E-state index in [-0.39, 0.29) is 17.8 Å². The van der Waals surface area contributed by atoms with Crippen molar-refractivity contribution in [2.45, 2.75) is 39.2 Å². The molecule has 0 radical (unpaired) electrons. The third kappa shape index (κ3) is 4.25. The van der Waals surface area contributed by atoms with E-state index >= 15 is 0 Å². The molecule has 134 valence electrons. The van der Waals surface area contributed by atoms with Crippen LogP contribution < -0.4 is 5.73 Å². The van der Waals surface area contributed by atoms with Crippen LogP contribution in [-0.4, -0.2) is 34.9 Å². The molecule has 4 nitrogen and oxygen atoms in total. The van der Waals surface area contributed by atoms with Gasteiger partial charge in [-0.25, -0.2) is 9.37 Å². The lowest BCUT2D eigenvalue weighted by Gasteiger charge is -2.34. The van der Waals surface area contributed by atoms with Crippen molar-refractivity contribution in [3.63, 3.8) is 0 Å². The SMILES string of the molecule is Cc1nc(Cc2ccc(F)cc2)sc1C(=O)N1CCCC(C(C)N)C1. The molecule has 1 fully saturated rings. The Hall–Kier alpha value is -1.79. The number of rotatable bonds is 4. The van der Waals surface area contributed by atoms with Crippen molar-refractivity contribution in [1.82, 2.24) is 9.88 Å². The van der Waals surface area contributed by atoms with Gasteiger partial charge >= 0.3 is 0 Å². The highest BCUT2D eigenvalue weighted by atomic mass is 32.1. The fraction of sp³-hybridized carbons (Fsp3) is 0.474. The first-order chi connectivity index (χ1) is 11.9. The van der Waals surface area contributed by atoms with E-state index in [0.717, 1.165) is 42.2 Å². The number of hydrogen-bond acceptors (Lipinski definition) is 4. The second-order valence-electron chi connectivity index (χ2n) is 6.84. The van der Waals surface area contributed by atoms with Gasteiger partial charge in [0.05, 0.1) is 10.7 Å². The Morgan fingerprint density at radius 3 is 2.84 bits per heavy atom. The van der Waals surface area contributed by atoms with Crippen LogP contribution in [0.25, 0.3) is 0 Å². The molecule has 1 amide bonds. The van der Waals surface area contributed by atoms with Gasteiger partial charge in [0.25, 0.3) is 5.91 Å². The monoisotopic (exact) mass is 361 g/mol. The molecule has 1 aromatic carbocycles. The minimum Gasteiger partial charge on any atom is -0.338 e. The van der Waals surface area contributed by atoms with Crippen molar-refractivity contribution in [1.29, 1.82) is 0 Å². The molecule has 2 N–H and O–H groups in total. The van der Waals surface area contributed by atoms with Crippen LogP contribution >= 0.6 is 11.3 Å². The number of thiazole rings is 1. The number of carbonyl (C=O) groups excluding carboxylic acids is 1. The largest absolute Gasteiger partial charge is 0.338 e. The number of aromatic nitrogens is 1. The highest BCUT2D eigenvalue weighted by Crippen LogP contribution is 2.26. The third-order valence-corrected chi connectivity index (χ3v) is 5.94. The van der Waals surface area contributed by atoms with E-state index in [1.807, 2.05) is 18.7 Å². The van der Waals surface area contributed by atoms with Crippen molar-refractivity contribution in [3.8, 4) is 0 Å². The van der Waals surface area contributed by atoms with Gasteiger partial charge in [-0.15, -0.1) is 11.3 Å². The Balaban J connectivity index is 1.73. The molecule has 6 heteroatoms. The van der Waals surface area contributed by atoms with E-state index in [0.29, 0.717) is 17.2 Å². The number of carbonyl (C=O) groups is 1. The number of nitrogens with zero attached hydrogens (tertiary/aromatic N) is 2. The summed E-state index contributed by atoms with van der Waals surface area (Å²) in [5, 5.41) is 0.883. The van der Waals surface area contributed by atoms with Crippen LogP contribution in [0.3, 0.4) is 0 Å². The zero-order chi connectivity index (χ0) is 18.0. The number of aryl methyl sites for hydroxylation is 1. The van der Waals surface area contributed by atoms with Crippen LogP contribution in [0.5, 0.6) is 0 Å². The van der Waals surface area contributed by atoms with Gasteiger partial charge in [0, 0.05) is 25.6 Å². The van der Waals surface area contributed by atoms with Gasteiger partial charge in [-0.05, 0) is 50.3 Å². The smallest absolute Gasteiger partial charge is 0.265 e. The van der Waals surface area contributed by atoms with Crippen molar-refractivity contribution in [2.24, 2.45) is 11.7 Å². The Labute approximate surface area is 151 Å². The Kier molecular flexibility index (Phi) is 5.49. The Morgan fingerprint density at radius 1 is 1.44 bits per heavy atom. The molecule has 1 aliphatic heterocycles. The molecule has 1 aromatic heterocycles. The number of hydrogen-bond donors (Lipinski definition) is 1. The summed E-state index contributed by atoms with van der Waals surface area (Å²) in [5.74, 6) is 0.180. The summed E-state index contributed by atoms with van der Waals surface area (Å²) in [6, 6.07) is 6.51. The second-order valence-corrected chi connectivity index (χ2v) is 7.92. The molecule has 0 spiro atoms. The van der Waals surface area contributed by atoms with Crippen LogP contribution in [0.15, 0.2) is 24.3 Å². The lowest BCUT2D eigenvalue weighted by molar-refractivity contribution is 0.0665. The summed E-state index contributed by atoms with van der Waals surface area (Å²) >= 11 is 1.44. The fourth-order valence-electron chi connectivity index (χ4n) is 3.27. The number of likely N-dealkylation sites (tertiary alicyclic amines) is 1. The van der Waals surface area contributed by atoms with Crippen molar-refractivity contribution in [2.75, 3.05) is 13.1 Å². The summed E-state index contributed by atoms with van der Waals surface area (Å²) in [6.45, 7) is 5.40. The quantitative estimate of drug-likeness (QED) is 0.908. The van der Waals surface area contributed by atoms with Crippen LogP contribution in [0.4, 0.5) is 4.39 Å². The summed E-state index contributed by atoms with van der Waals surface area (Å²) in [6.07, 6.45) is 2.69. The zero-order valence-corrected chi connectivity index (χ0v) is 15.5. The van der Waals surface area contributed by atoms with Gasteiger partial charge in [0.2, 0.25) is 0 Å². The molecule has 2 atom stereocenters. The average Bonchev–Trinajstić information content (AvgIpc) is 2.96. The first-order valence-electron chi connectivity index (χ1n) is 8.69. The molecule has 25 heavy (non-hydrogen) atoms. The van der Waals surface area contributed by atoms with Crippen LogP contribution in [0, 0.1) is 18.7 Å². The molecule has 2 aromatic rings.